The first-order valence-corrected chi connectivity index (χ1v) is 7.81. The Labute approximate surface area is 147 Å². The third kappa shape index (κ3) is 4.04. The van der Waals surface area contributed by atoms with Crippen molar-refractivity contribution in [2.45, 2.75) is 33.0 Å². The average Bonchev–Trinajstić information content (AvgIpc) is 2.92. The quantitative estimate of drug-likeness (QED) is 0.785. The lowest BCUT2D eigenvalue weighted by Gasteiger charge is -2.19. The fourth-order valence-electron chi connectivity index (χ4n) is 2.36. The van der Waals surface area contributed by atoms with E-state index in [1.54, 1.807) is 0 Å². The molecule has 5 nitrogen and oxygen atoms in total. The number of benzene rings is 1. The van der Waals surface area contributed by atoms with E-state index in [2.05, 4.69) is 10.5 Å². The fraction of sp³-hybridized carbons (Fsp3) is 0.412. The van der Waals surface area contributed by atoms with Crippen LogP contribution in [0.2, 0.25) is 0 Å². The summed E-state index contributed by atoms with van der Waals surface area (Å²) in [6.07, 6.45) is -4.81. The van der Waals surface area contributed by atoms with Crippen molar-refractivity contribution in [3.05, 3.63) is 40.8 Å². The Kier molecular flexibility index (Phi) is 5.70. The van der Waals surface area contributed by atoms with Gasteiger partial charge < -0.3 is 14.9 Å². The van der Waals surface area contributed by atoms with Crippen LogP contribution in [0.4, 0.5) is 17.6 Å². The summed E-state index contributed by atoms with van der Waals surface area (Å²) in [4.78, 5) is 12.3. The van der Waals surface area contributed by atoms with E-state index >= 15 is 0 Å². The van der Waals surface area contributed by atoms with Crippen molar-refractivity contribution in [2.75, 3.05) is 6.61 Å². The van der Waals surface area contributed by atoms with Gasteiger partial charge in [0.1, 0.15) is 5.82 Å². The van der Waals surface area contributed by atoms with E-state index in [9.17, 15) is 27.5 Å². The monoisotopic (exact) mass is 374 g/mol. The predicted octanol–water partition coefficient (Wildman–Crippen LogP) is 3.55. The van der Waals surface area contributed by atoms with Gasteiger partial charge in [-0.1, -0.05) is 25.1 Å². The maximum atomic E-state index is 13.7. The number of nitrogens with zero attached hydrogens (tertiary/aromatic N) is 1. The maximum Gasteiger partial charge on any atom is 0.419 e. The molecule has 26 heavy (non-hydrogen) atoms. The summed E-state index contributed by atoms with van der Waals surface area (Å²) in [5.41, 5.74) is -1.19. The summed E-state index contributed by atoms with van der Waals surface area (Å²) >= 11 is 0. The summed E-state index contributed by atoms with van der Waals surface area (Å²) in [7, 11) is 0. The van der Waals surface area contributed by atoms with Gasteiger partial charge in [0.15, 0.2) is 11.5 Å². The highest BCUT2D eigenvalue weighted by molar-refractivity contribution is 5.95. The molecular weight excluding hydrogens is 356 g/mol. The van der Waals surface area contributed by atoms with Crippen LogP contribution in [-0.2, 0) is 6.18 Å². The van der Waals surface area contributed by atoms with Gasteiger partial charge in [-0.05, 0) is 25.0 Å². The zero-order valence-electron chi connectivity index (χ0n) is 14.3. The third-order valence-electron chi connectivity index (χ3n) is 3.99. The molecule has 142 valence electrons. The van der Waals surface area contributed by atoms with E-state index in [0.717, 1.165) is 6.07 Å². The first kappa shape index (κ1) is 19.9. The molecule has 2 rings (SSSR count). The fourth-order valence-corrected chi connectivity index (χ4v) is 2.36. The molecule has 0 aliphatic rings. The third-order valence-corrected chi connectivity index (χ3v) is 3.99. The Morgan fingerprint density at radius 3 is 2.50 bits per heavy atom. The zero-order valence-corrected chi connectivity index (χ0v) is 14.3. The second kappa shape index (κ2) is 7.45. The Hall–Kier alpha value is -2.42. The van der Waals surface area contributed by atoms with E-state index in [0.29, 0.717) is 12.1 Å². The van der Waals surface area contributed by atoms with E-state index < -0.39 is 29.5 Å². The number of nitrogens with one attached hydrogen (secondary N) is 1. The molecule has 0 aliphatic heterocycles. The van der Waals surface area contributed by atoms with Gasteiger partial charge in [0.2, 0.25) is 0 Å². The van der Waals surface area contributed by atoms with Gasteiger partial charge >= 0.3 is 6.18 Å². The Bertz CT molecular complexity index is 800. The first-order valence-electron chi connectivity index (χ1n) is 7.81. The summed E-state index contributed by atoms with van der Waals surface area (Å²) in [6, 6.07) is 1.84. The molecule has 1 atom stereocenters. The molecule has 0 bridgehead atoms. The normalized spacial score (nSPS) is 13.1. The van der Waals surface area contributed by atoms with E-state index in [-0.39, 0.29) is 35.1 Å². The largest absolute Gasteiger partial charge is 0.419 e. The summed E-state index contributed by atoms with van der Waals surface area (Å²) in [5.74, 6) is -2.08. The van der Waals surface area contributed by atoms with E-state index in [1.165, 1.54) is 6.92 Å². The molecular formula is C17H18F4N2O3. The van der Waals surface area contributed by atoms with Gasteiger partial charge in [0, 0.05) is 11.1 Å². The van der Waals surface area contributed by atoms with Gasteiger partial charge in [-0.3, -0.25) is 4.79 Å². The van der Waals surface area contributed by atoms with Crippen LogP contribution in [0.25, 0.3) is 11.3 Å². The van der Waals surface area contributed by atoms with Crippen LogP contribution < -0.4 is 5.32 Å². The van der Waals surface area contributed by atoms with Crippen molar-refractivity contribution < 1.29 is 32.0 Å². The molecule has 0 saturated heterocycles. The van der Waals surface area contributed by atoms with E-state index in [4.69, 9.17) is 4.52 Å². The molecule has 1 heterocycles. The number of amides is 1. The molecule has 0 fully saturated rings. The van der Waals surface area contributed by atoms with Crippen molar-refractivity contribution in [3.63, 3.8) is 0 Å². The molecule has 1 aromatic heterocycles. The van der Waals surface area contributed by atoms with Crippen LogP contribution in [0.3, 0.4) is 0 Å². The lowest BCUT2D eigenvalue weighted by Crippen LogP contribution is -2.41. The summed E-state index contributed by atoms with van der Waals surface area (Å²) in [5, 5.41) is 15.5. The van der Waals surface area contributed by atoms with Crippen molar-refractivity contribution in [3.8, 4) is 11.3 Å². The Morgan fingerprint density at radius 2 is 2.00 bits per heavy atom. The predicted molar refractivity (Wildman–Crippen MR) is 84.8 cm³/mol. The number of rotatable bonds is 5. The summed E-state index contributed by atoms with van der Waals surface area (Å²) < 4.78 is 56.7. The van der Waals surface area contributed by atoms with Crippen LogP contribution in [-0.4, -0.2) is 28.8 Å². The van der Waals surface area contributed by atoms with Crippen molar-refractivity contribution >= 4 is 5.91 Å². The minimum absolute atomic E-state index is 0.00660. The standard InChI is InChI=1S/C17H18F4N2O3/c1-8(2)13(7-24)22-16(25)14-9(3)15(26-23-14)10-4-5-11(12(18)6-10)17(19,20)21/h4-6,8,13,24H,7H2,1-3H3,(H,22,25)/t13-/m0/s1. The topological polar surface area (TPSA) is 75.4 Å². The van der Waals surface area contributed by atoms with Crippen LogP contribution in [0, 0.1) is 18.7 Å². The van der Waals surface area contributed by atoms with Crippen molar-refractivity contribution in [1.29, 1.82) is 0 Å². The molecule has 0 radical (unpaired) electrons. The molecule has 0 aliphatic carbocycles. The molecule has 9 heteroatoms. The van der Waals surface area contributed by atoms with Crippen molar-refractivity contribution in [1.82, 2.24) is 10.5 Å². The van der Waals surface area contributed by atoms with Gasteiger partial charge in [-0.15, -0.1) is 0 Å². The number of carbonyl (C=O) groups excluding carboxylic acids is 1. The SMILES string of the molecule is Cc1c(C(=O)N[C@@H](CO)C(C)C)noc1-c1ccc(C(F)(F)F)c(F)c1. The second-order valence-corrected chi connectivity index (χ2v) is 6.18. The lowest BCUT2D eigenvalue weighted by atomic mass is 10.0. The Morgan fingerprint density at radius 1 is 1.35 bits per heavy atom. The molecule has 1 amide bonds. The number of aromatic nitrogens is 1. The summed E-state index contributed by atoms with van der Waals surface area (Å²) in [6.45, 7) is 4.84. The van der Waals surface area contributed by atoms with Crippen molar-refractivity contribution in [2.24, 2.45) is 5.92 Å². The van der Waals surface area contributed by atoms with E-state index in [1.807, 2.05) is 13.8 Å². The van der Waals surface area contributed by atoms with Gasteiger partial charge in [0.05, 0.1) is 18.2 Å². The molecule has 1 aromatic carbocycles. The maximum absolute atomic E-state index is 13.7. The Balaban J connectivity index is 2.32. The minimum atomic E-state index is -4.81. The van der Waals surface area contributed by atoms with Crippen LogP contribution in [0.5, 0.6) is 0 Å². The average molecular weight is 374 g/mol. The highest BCUT2D eigenvalue weighted by Crippen LogP contribution is 2.34. The molecule has 2 N–H and O–H groups in total. The highest BCUT2D eigenvalue weighted by atomic mass is 19.4. The first-order chi connectivity index (χ1) is 12.1. The smallest absolute Gasteiger partial charge is 0.394 e. The van der Waals surface area contributed by atoms with Crippen LogP contribution >= 0.6 is 0 Å². The number of hydrogen-bond donors (Lipinski definition) is 2. The number of alkyl halides is 3. The van der Waals surface area contributed by atoms with Gasteiger partial charge in [0.25, 0.3) is 5.91 Å². The number of carbonyl (C=O) groups is 1. The number of aliphatic hydroxyl groups excluding tert-OH is 1. The zero-order chi connectivity index (χ0) is 19.6. The minimum Gasteiger partial charge on any atom is -0.394 e. The van der Waals surface area contributed by atoms with Gasteiger partial charge in [-0.2, -0.15) is 13.2 Å². The second-order valence-electron chi connectivity index (χ2n) is 6.18. The van der Waals surface area contributed by atoms with Crippen LogP contribution in [0.15, 0.2) is 22.7 Å². The highest BCUT2D eigenvalue weighted by Gasteiger charge is 2.34. The lowest BCUT2D eigenvalue weighted by molar-refractivity contribution is -0.139. The van der Waals surface area contributed by atoms with Gasteiger partial charge in [-0.25, -0.2) is 4.39 Å². The number of hydrogen-bond acceptors (Lipinski definition) is 4. The molecule has 0 saturated carbocycles. The molecule has 2 aromatic rings. The van der Waals surface area contributed by atoms with Crippen LogP contribution in [0.1, 0.15) is 35.5 Å². The molecule has 0 unspecified atom stereocenters. The number of aliphatic hydroxyl groups is 1. The molecule has 0 spiro atoms. The number of halogens is 4.